The molecule has 0 aliphatic rings. The van der Waals surface area contributed by atoms with Crippen molar-refractivity contribution in [1.82, 2.24) is 13.8 Å². The molecule has 2 heterocycles. The summed E-state index contributed by atoms with van der Waals surface area (Å²) in [5.74, 6) is 0.164. The molecule has 2 aromatic rings. The highest BCUT2D eigenvalue weighted by molar-refractivity contribution is 5.60. The normalized spacial score (nSPS) is 10.9. The number of nitrogens with zero attached hydrogens (tertiary/aromatic N) is 3. The van der Waals surface area contributed by atoms with E-state index in [1.807, 2.05) is 32.9 Å². The van der Waals surface area contributed by atoms with Crippen LogP contribution >= 0.6 is 0 Å². The van der Waals surface area contributed by atoms with Gasteiger partial charge in [0.1, 0.15) is 5.82 Å². The Morgan fingerprint density at radius 1 is 1.19 bits per heavy atom. The first-order valence-corrected chi connectivity index (χ1v) is 6.89. The number of anilines is 2. The first kappa shape index (κ1) is 15.0. The fraction of sp³-hybridized carbons (Fsp3) is 0.429. The average molecular weight is 291 g/mol. The third kappa shape index (κ3) is 2.46. The lowest BCUT2D eigenvalue weighted by Crippen LogP contribution is -2.41. The molecule has 0 aromatic carbocycles. The molecule has 0 atom stereocenters. The van der Waals surface area contributed by atoms with Crippen LogP contribution in [0.1, 0.15) is 24.7 Å². The van der Waals surface area contributed by atoms with Gasteiger partial charge in [0, 0.05) is 25.0 Å². The van der Waals surface area contributed by atoms with Crippen molar-refractivity contribution in [1.29, 1.82) is 0 Å². The van der Waals surface area contributed by atoms with Crippen molar-refractivity contribution < 1.29 is 0 Å². The highest BCUT2D eigenvalue weighted by Crippen LogP contribution is 2.14. The van der Waals surface area contributed by atoms with Crippen LogP contribution in [0.15, 0.2) is 21.7 Å². The van der Waals surface area contributed by atoms with Gasteiger partial charge in [0.05, 0.1) is 0 Å². The van der Waals surface area contributed by atoms with E-state index in [0.29, 0.717) is 6.54 Å². The summed E-state index contributed by atoms with van der Waals surface area (Å²) in [6.45, 7) is 6.26. The van der Waals surface area contributed by atoms with Gasteiger partial charge in [-0.15, -0.1) is 0 Å². The number of nitrogen functional groups attached to an aromatic ring is 1. The van der Waals surface area contributed by atoms with Crippen LogP contribution in [0.5, 0.6) is 0 Å². The Bertz CT molecular complexity index is 762. The van der Waals surface area contributed by atoms with E-state index < -0.39 is 11.2 Å². The van der Waals surface area contributed by atoms with Gasteiger partial charge in [0.2, 0.25) is 0 Å². The molecule has 0 spiro atoms. The maximum atomic E-state index is 12.3. The Hall–Kier alpha value is -2.44. The van der Waals surface area contributed by atoms with E-state index in [2.05, 4.69) is 5.43 Å². The van der Waals surface area contributed by atoms with Crippen LogP contribution < -0.4 is 22.4 Å². The first-order valence-electron chi connectivity index (χ1n) is 6.89. The van der Waals surface area contributed by atoms with Crippen LogP contribution in [0.3, 0.4) is 0 Å². The van der Waals surface area contributed by atoms with Gasteiger partial charge in [0.25, 0.3) is 5.56 Å². The van der Waals surface area contributed by atoms with Gasteiger partial charge in [-0.3, -0.25) is 24.0 Å². The fourth-order valence-corrected chi connectivity index (χ4v) is 2.28. The second kappa shape index (κ2) is 5.51. The summed E-state index contributed by atoms with van der Waals surface area (Å²) < 4.78 is 4.26. The molecular formula is C14H21N5O2. The minimum atomic E-state index is -0.433. The highest BCUT2D eigenvalue weighted by atomic mass is 16.2. The Balaban J connectivity index is 2.64. The van der Waals surface area contributed by atoms with Crippen molar-refractivity contribution in [3.63, 3.8) is 0 Å². The number of nitrogens with two attached hydrogens (primary N) is 1. The van der Waals surface area contributed by atoms with Crippen molar-refractivity contribution in [3.05, 3.63) is 44.4 Å². The van der Waals surface area contributed by atoms with Crippen molar-refractivity contribution in [3.8, 4) is 0 Å². The Morgan fingerprint density at radius 2 is 1.76 bits per heavy atom. The topological polar surface area (TPSA) is 87.0 Å². The lowest BCUT2D eigenvalue weighted by molar-refractivity contribution is 0.599. The molecule has 7 nitrogen and oxygen atoms in total. The molecule has 7 heteroatoms. The molecule has 2 aromatic heterocycles. The smallest absolute Gasteiger partial charge is 0.332 e. The molecule has 0 saturated heterocycles. The molecule has 0 amide bonds. The summed E-state index contributed by atoms with van der Waals surface area (Å²) >= 11 is 0. The molecule has 21 heavy (non-hydrogen) atoms. The fourth-order valence-electron chi connectivity index (χ4n) is 2.28. The van der Waals surface area contributed by atoms with Crippen molar-refractivity contribution in [2.45, 2.75) is 33.7 Å². The third-order valence-electron chi connectivity index (χ3n) is 3.53. The van der Waals surface area contributed by atoms with E-state index >= 15 is 0 Å². The minimum Gasteiger partial charge on any atom is -0.383 e. The molecular weight excluding hydrogens is 270 g/mol. The van der Waals surface area contributed by atoms with Gasteiger partial charge >= 0.3 is 5.69 Å². The number of aromatic nitrogens is 3. The van der Waals surface area contributed by atoms with Crippen molar-refractivity contribution >= 4 is 11.5 Å². The minimum absolute atomic E-state index is 0.164. The number of rotatable bonds is 4. The second-order valence-corrected chi connectivity index (χ2v) is 5.12. The molecule has 0 fully saturated rings. The predicted molar refractivity (Wildman–Crippen MR) is 83.6 cm³/mol. The van der Waals surface area contributed by atoms with Gasteiger partial charge < -0.3 is 5.73 Å². The molecule has 0 radical (unpaired) electrons. The number of aryl methyl sites for hydroxylation is 2. The molecule has 0 unspecified atom stereocenters. The summed E-state index contributed by atoms with van der Waals surface area (Å²) in [6, 6.07) is 3.87. The van der Waals surface area contributed by atoms with Crippen LogP contribution in [0.25, 0.3) is 0 Å². The van der Waals surface area contributed by atoms with Gasteiger partial charge in [-0.25, -0.2) is 4.79 Å². The summed E-state index contributed by atoms with van der Waals surface area (Å²) in [5, 5.41) is 0. The Kier molecular flexibility index (Phi) is 3.93. The zero-order valence-electron chi connectivity index (χ0n) is 12.8. The van der Waals surface area contributed by atoms with E-state index in [1.54, 1.807) is 4.68 Å². The summed E-state index contributed by atoms with van der Waals surface area (Å²) in [7, 11) is 1.46. The molecule has 3 N–H and O–H groups in total. The molecule has 0 aliphatic heterocycles. The average Bonchev–Trinajstić information content (AvgIpc) is 2.77. The van der Waals surface area contributed by atoms with E-state index in [9.17, 15) is 9.59 Å². The number of hydrogen-bond acceptors (Lipinski definition) is 4. The van der Waals surface area contributed by atoms with Crippen LogP contribution in [0.2, 0.25) is 0 Å². The summed E-state index contributed by atoms with van der Waals surface area (Å²) in [5.41, 5.74) is 10.3. The number of hydrogen-bond donors (Lipinski definition) is 2. The lowest BCUT2D eigenvalue weighted by atomic mass is 10.4. The molecule has 0 bridgehead atoms. The zero-order valence-corrected chi connectivity index (χ0v) is 12.8. The Morgan fingerprint density at radius 3 is 2.29 bits per heavy atom. The van der Waals surface area contributed by atoms with Gasteiger partial charge in [-0.2, -0.15) is 0 Å². The van der Waals surface area contributed by atoms with E-state index in [4.69, 9.17) is 5.73 Å². The molecule has 0 saturated carbocycles. The summed E-state index contributed by atoms with van der Waals surface area (Å²) in [6.07, 6.45) is 0.753. The van der Waals surface area contributed by atoms with Crippen molar-refractivity contribution in [2.24, 2.45) is 7.05 Å². The third-order valence-corrected chi connectivity index (χ3v) is 3.53. The van der Waals surface area contributed by atoms with Crippen LogP contribution in [0, 0.1) is 13.8 Å². The maximum absolute atomic E-state index is 12.3. The standard InChI is InChI=1S/C14H21N5O2/c1-5-8-18-12(15)11(13(20)17(4)14(18)21)16-19-9(2)6-7-10(19)3/h6-7,16H,5,8,15H2,1-4H3. The zero-order chi connectivity index (χ0) is 15.7. The van der Waals surface area contributed by atoms with Gasteiger partial charge in [-0.1, -0.05) is 6.92 Å². The molecule has 2 rings (SSSR count). The molecule has 0 aliphatic carbocycles. The van der Waals surface area contributed by atoms with E-state index in [-0.39, 0.29) is 11.5 Å². The first-order chi connectivity index (χ1) is 9.88. The van der Waals surface area contributed by atoms with Crippen LogP contribution in [0.4, 0.5) is 11.5 Å². The quantitative estimate of drug-likeness (QED) is 0.873. The SMILES string of the molecule is CCCn1c(N)c(Nn2c(C)ccc2C)c(=O)n(C)c1=O. The van der Waals surface area contributed by atoms with E-state index in [1.165, 1.54) is 11.6 Å². The van der Waals surface area contributed by atoms with E-state index in [0.717, 1.165) is 22.4 Å². The number of nitrogens with one attached hydrogen (secondary N) is 1. The summed E-state index contributed by atoms with van der Waals surface area (Å²) in [4.78, 5) is 24.4. The lowest BCUT2D eigenvalue weighted by Gasteiger charge is -2.18. The largest absolute Gasteiger partial charge is 0.383 e. The maximum Gasteiger partial charge on any atom is 0.332 e. The van der Waals surface area contributed by atoms with Crippen LogP contribution in [-0.2, 0) is 13.6 Å². The monoisotopic (exact) mass is 291 g/mol. The van der Waals surface area contributed by atoms with Gasteiger partial charge in [-0.05, 0) is 32.4 Å². The predicted octanol–water partition coefficient (Wildman–Crippen LogP) is 0.833. The molecule has 114 valence electrons. The van der Waals surface area contributed by atoms with Crippen molar-refractivity contribution in [2.75, 3.05) is 11.2 Å². The second-order valence-electron chi connectivity index (χ2n) is 5.12. The highest BCUT2D eigenvalue weighted by Gasteiger charge is 2.16. The Labute approximate surface area is 122 Å². The van der Waals surface area contributed by atoms with Gasteiger partial charge in [0.15, 0.2) is 5.69 Å². The van der Waals surface area contributed by atoms with Crippen LogP contribution in [-0.4, -0.2) is 13.8 Å².